The number of rotatable bonds is 5. The van der Waals surface area contributed by atoms with Crippen LogP contribution < -0.4 is 5.73 Å². The minimum Gasteiger partial charge on any atom is -0.324 e. The van der Waals surface area contributed by atoms with Crippen LogP contribution in [0.1, 0.15) is 24.1 Å². The maximum atomic E-state index is 10.7. The van der Waals surface area contributed by atoms with E-state index in [2.05, 4.69) is 6.07 Å². The molecule has 0 aliphatic carbocycles. The number of hydrogen-bond donors (Lipinski definition) is 1. The number of nitro benzene ring substituents is 1. The van der Waals surface area contributed by atoms with Gasteiger partial charge in [0, 0.05) is 28.8 Å². The highest BCUT2D eigenvalue weighted by Gasteiger charge is 2.06. The van der Waals surface area contributed by atoms with E-state index < -0.39 is 0 Å². The zero-order valence-electron chi connectivity index (χ0n) is 11.2. The molecule has 2 N–H and O–H groups in total. The van der Waals surface area contributed by atoms with Crippen molar-refractivity contribution in [1.82, 2.24) is 0 Å². The first-order valence-electron chi connectivity index (χ1n) is 6.28. The molecule has 2 aromatic carbocycles. The zero-order chi connectivity index (χ0) is 14.5. The highest BCUT2D eigenvalue weighted by atomic mass is 32.2. The van der Waals surface area contributed by atoms with Gasteiger partial charge in [0.15, 0.2) is 0 Å². The molecule has 4 nitrogen and oxygen atoms in total. The van der Waals surface area contributed by atoms with E-state index in [4.69, 9.17) is 5.73 Å². The van der Waals surface area contributed by atoms with Crippen LogP contribution in [0.5, 0.6) is 0 Å². The summed E-state index contributed by atoms with van der Waals surface area (Å²) in [6.07, 6.45) is 0. The molecule has 0 spiro atoms. The van der Waals surface area contributed by atoms with Gasteiger partial charge in [-0.2, -0.15) is 0 Å². The summed E-state index contributed by atoms with van der Waals surface area (Å²) in [5.74, 6) is 0.698. The van der Waals surface area contributed by atoms with Crippen molar-refractivity contribution in [2.45, 2.75) is 23.6 Å². The Kier molecular flexibility index (Phi) is 4.76. The maximum Gasteiger partial charge on any atom is 0.269 e. The second-order valence-electron chi connectivity index (χ2n) is 4.58. The molecule has 0 aliphatic rings. The fourth-order valence-electron chi connectivity index (χ4n) is 1.81. The summed E-state index contributed by atoms with van der Waals surface area (Å²) in [6, 6.07) is 14.8. The molecule has 5 heteroatoms. The number of thioether (sulfide) groups is 1. The molecule has 0 fully saturated rings. The summed E-state index contributed by atoms with van der Waals surface area (Å²) in [5, 5.41) is 10.7. The van der Waals surface area contributed by atoms with E-state index in [0.29, 0.717) is 5.75 Å². The Labute approximate surface area is 122 Å². The highest BCUT2D eigenvalue weighted by molar-refractivity contribution is 7.98. The maximum absolute atomic E-state index is 10.7. The summed E-state index contributed by atoms with van der Waals surface area (Å²) in [4.78, 5) is 11.5. The summed E-state index contributed by atoms with van der Waals surface area (Å²) in [6.45, 7) is 1.95. The van der Waals surface area contributed by atoms with Crippen LogP contribution >= 0.6 is 11.8 Å². The van der Waals surface area contributed by atoms with Crippen LogP contribution in [-0.2, 0) is 5.75 Å². The molecule has 1 atom stereocenters. The van der Waals surface area contributed by atoms with Crippen molar-refractivity contribution in [3.63, 3.8) is 0 Å². The van der Waals surface area contributed by atoms with E-state index >= 15 is 0 Å². The van der Waals surface area contributed by atoms with Gasteiger partial charge in [0.1, 0.15) is 0 Å². The van der Waals surface area contributed by atoms with Gasteiger partial charge in [0.05, 0.1) is 4.92 Å². The summed E-state index contributed by atoms with van der Waals surface area (Å²) >= 11 is 1.65. The summed E-state index contributed by atoms with van der Waals surface area (Å²) < 4.78 is 0. The monoisotopic (exact) mass is 288 g/mol. The van der Waals surface area contributed by atoms with Crippen molar-refractivity contribution >= 4 is 17.4 Å². The first kappa shape index (κ1) is 14.6. The van der Waals surface area contributed by atoms with E-state index in [1.54, 1.807) is 23.9 Å². The third-order valence-corrected chi connectivity index (χ3v) is 3.98. The van der Waals surface area contributed by atoms with Crippen LogP contribution in [0.25, 0.3) is 0 Å². The third kappa shape index (κ3) is 3.82. The van der Waals surface area contributed by atoms with Crippen molar-refractivity contribution in [3.8, 4) is 0 Å². The molecule has 104 valence electrons. The molecule has 0 amide bonds. The van der Waals surface area contributed by atoms with Gasteiger partial charge in [-0.1, -0.05) is 24.3 Å². The number of nitro groups is 1. The molecule has 0 heterocycles. The highest BCUT2D eigenvalue weighted by Crippen LogP contribution is 2.26. The topological polar surface area (TPSA) is 69.2 Å². The lowest BCUT2D eigenvalue weighted by Crippen LogP contribution is -2.04. The standard InChI is InChI=1S/C15H16N2O2S/c1-11(16)13-5-3-7-15(9-13)20-10-12-4-2-6-14(8-12)17(18)19/h2-9,11H,10,16H2,1H3. The van der Waals surface area contributed by atoms with E-state index in [-0.39, 0.29) is 16.7 Å². The SMILES string of the molecule is CC(N)c1cccc(SCc2cccc([N+](=O)[O-])c2)c1. The average Bonchev–Trinajstić information content (AvgIpc) is 2.45. The Hall–Kier alpha value is -1.85. The van der Waals surface area contributed by atoms with Gasteiger partial charge in [-0.05, 0) is 30.2 Å². The van der Waals surface area contributed by atoms with Gasteiger partial charge in [-0.15, -0.1) is 11.8 Å². The van der Waals surface area contributed by atoms with Crippen molar-refractivity contribution in [3.05, 3.63) is 69.8 Å². The molecule has 0 radical (unpaired) electrons. The molecule has 0 aliphatic heterocycles. The number of nitrogens with zero attached hydrogens (tertiary/aromatic N) is 1. The van der Waals surface area contributed by atoms with E-state index in [0.717, 1.165) is 16.0 Å². The molecule has 0 saturated heterocycles. The van der Waals surface area contributed by atoms with Crippen molar-refractivity contribution in [1.29, 1.82) is 0 Å². The van der Waals surface area contributed by atoms with Crippen LogP contribution in [0.3, 0.4) is 0 Å². The number of nitrogens with two attached hydrogens (primary N) is 1. The van der Waals surface area contributed by atoms with Crippen LogP contribution in [0, 0.1) is 10.1 Å². The Balaban J connectivity index is 2.07. The molecule has 1 unspecified atom stereocenters. The minimum atomic E-state index is -0.370. The van der Waals surface area contributed by atoms with Gasteiger partial charge >= 0.3 is 0 Å². The van der Waals surface area contributed by atoms with Crippen LogP contribution in [0.4, 0.5) is 5.69 Å². The molecular formula is C15H16N2O2S. The molecule has 0 saturated carbocycles. The summed E-state index contributed by atoms with van der Waals surface area (Å²) in [5.41, 5.74) is 8.02. The Bertz CT molecular complexity index is 614. The smallest absolute Gasteiger partial charge is 0.269 e. The largest absolute Gasteiger partial charge is 0.324 e. The molecule has 0 bridgehead atoms. The fraction of sp³-hybridized carbons (Fsp3) is 0.200. The zero-order valence-corrected chi connectivity index (χ0v) is 12.0. The van der Waals surface area contributed by atoms with E-state index in [9.17, 15) is 10.1 Å². The van der Waals surface area contributed by atoms with Gasteiger partial charge < -0.3 is 5.73 Å². The minimum absolute atomic E-state index is 0.00774. The fourth-order valence-corrected chi connectivity index (χ4v) is 2.72. The van der Waals surface area contributed by atoms with E-state index in [1.807, 2.05) is 31.2 Å². The number of hydrogen-bond acceptors (Lipinski definition) is 4. The number of non-ortho nitro benzene ring substituents is 1. The first-order chi connectivity index (χ1) is 9.56. The molecular weight excluding hydrogens is 272 g/mol. The van der Waals surface area contributed by atoms with Crippen molar-refractivity contribution < 1.29 is 4.92 Å². The van der Waals surface area contributed by atoms with Crippen molar-refractivity contribution in [2.75, 3.05) is 0 Å². The van der Waals surface area contributed by atoms with Gasteiger partial charge in [0.2, 0.25) is 0 Å². The second-order valence-corrected chi connectivity index (χ2v) is 5.63. The summed E-state index contributed by atoms with van der Waals surface area (Å²) in [7, 11) is 0. The normalized spacial score (nSPS) is 12.1. The van der Waals surface area contributed by atoms with Crippen LogP contribution in [0.15, 0.2) is 53.4 Å². The third-order valence-electron chi connectivity index (χ3n) is 2.91. The lowest BCUT2D eigenvalue weighted by Gasteiger charge is -2.08. The van der Waals surface area contributed by atoms with E-state index in [1.165, 1.54) is 6.07 Å². The average molecular weight is 288 g/mol. The van der Waals surface area contributed by atoms with Crippen LogP contribution in [0.2, 0.25) is 0 Å². The van der Waals surface area contributed by atoms with Gasteiger partial charge in [0.25, 0.3) is 5.69 Å². The first-order valence-corrected chi connectivity index (χ1v) is 7.26. The van der Waals surface area contributed by atoms with Gasteiger partial charge in [-0.25, -0.2) is 0 Å². The quantitative estimate of drug-likeness (QED) is 0.514. The van der Waals surface area contributed by atoms with Crippen molar-refractivity contribution in [2.24, 2.45) is 5.73 Å². The van der Waals surface area contributed by atoms with Crippen LogP contribution in [-0.4, -0.2) is 4.92 Å². The predicted molar refractivity (Wildman–Crippen MR) is 81.7 cm³/mol. The Morgan fingerprint density at radius 1 is 1.25 bits per heavy atom. The lowest BCUT2D eigenvalue weighted by molar-refractivity contribution is -0.384. The lowest BCUT2D eigenvalue weighted by atomic mass is 10.1. The Morgan fingerprint density at radius 3 is 2.70 bits per heavy atom. The predicted octanol–water partition coefficient (Wildman–Crippen LogP) is 3.91. The molecule has 0 aromatic heterocycles. The van der Waals surface area contributed by atoms with Gasteiger partial charge in [-0.3, -0.25) is 10.1 Å². The second kappa shape index (κ2) is 6.54. The number of benzene rings is 2. The Morgan fingerprint density at radius 2 is 2.00 bits per heavy atom. The molecule has 2 aromatic rings. The molecule has 2 rings (SSSR count). The molecule has 20 heavy (non-hydrogen) atoms.